The van der Waals surface area contributed by atoms with Crippen molar-refractivity contribution >= 4 is 38.9 Å². The van der Waals surface area contributed by atoms with E-state index in [1.165, 1.54) is 22.7 Å². The number of sulfonamides is 1. The Hall–Kier alpha value is -1.38. The maximum Gasteiger partial charge on any atom is 0.232 e. The molecule has 0 N–H and O–H groups in total. The van der Waals surface area contributed by atoms with Gasteiger partial charge >= 0.3 is 0 Å². The van der Waals surface area contributed by atoms with Crippen molar-refractivity contribution in [3.8, 4) is 11.1 Å². The Labute approximate surface area is 174 Å². The second-order valence-corrected chi connectivity index (χ2v) is 9.30. The van der Waals surface area contributed by atoms with Crippen LogP contribution in [-0.4, -0.2) is 59.0 Å². The summed E-state index contributed by atoms with van der Waals surface area (Å²) in [5, 5.41) is 0.363. The number of rotatable bonds is 6. The first kappa shape index (κ1) is 21.3. The van der Waals surface area contributed by atoms with Crippen LogP contribution in [0.1, 0.15) is 0 Å². The Morgan fingerprint density at radius 1 is 1.11 bits per heavy atom. The van der Waals surface area contributed by atoms with Crippen LogP contribution in [0.15, 0.2) is 36.4 Å². The standard InChI is InChI=1S/C19H21Cl2FN2O3S/c1-28(25,26)24(7-6-23-8-10-27-11-9-23)15-3-4-16(18(21)13-15)14-2-5-17(20)19(22)12-14/h2-5,12-13H,6-11H2,1H3. The van der Waals surface area contributed by atoms with Crippen molar-refractivity contribution in [3.05, 3.63) is 52.3 Å². The predicted octanol–water partition coefficient (Wildman–Crippen LogP) is 3.90. The van der Waals surface area contributed by atoms with Crippen molar-refractivity contribution in [2.45, 2.75) is 0 Å². The third-order valence-corrected chi connectivity index (χ3v) is 6.41. The number of anilines is 1. The van der Waals surface area contributed by atoms with E-state index in [4.69, 9.17) is 27.9 Å². The fourth-order valence-corrected chi connectivity index (χ4v) is 4.41. The van der Waals surface area contributed by atoms with Gasteiger partial charge in [-0.3, -0.25) is 9.21 Å². The molecule has 1 fully saturated rings. The van der Waals surface area contributed by atoms with Gasteiger partial charge < -0.3 is 4.74 Å². The van der Waals surface area contributed by atoms with Crippen molar-refractivity contribution in [1.29, 1.82) is 0 Å². The molecule has 1 saturated heterocycles. The van der Waals surface area contributed by atoms with Crippen molar-refractivity contribution in [1.82, 2.24) is 4.90 Å². The van der Waals surface area contributed by atoms with Crippen LogP contribution in [0.2, 0.25) is 10.0 Å². The minimum absolute atomic E-state index is 0.0304. The average Bonchev–Trinajstić information content (AvgIpc) is 2.64. The molecule has 0 radical (unpaired) electrons. The molecule has 152 valence electrons. The third-order valence-electron chi connectivity index (χ3n) is 4.59. The van der Waals surface area contributed by atoms with Crippen molar-refractivity contribution < 1.29 is 17.5 Å². The molecule has 0 saturated carbocycles. The summed E-state index contributed by atoms with van der Waals surface area (Å²) >= 11 is 12.1. The van der Waals surface area contributed by atoms with Crippen LogP contribution in [0, 0.1) is 5.82 Å². The number of hydrogen-bond donors (Lipinski definition) is 0. The first-order valence-electron chi connectivity index (χ1n) is 8.78. The zero-order valence-electron chi connectivity index (χ0n) is 15.4. The van der Waals surface area contributed by atoms with Crippen LogP contribution in [-0.2, 0) is 14.8 Å². The Morgan fingerprint density at radius 2 is 1.82 bits per heavy atom. The van der Waals surface area contributed by atoms with Gasteiger partial charge in [-0.15, -0.1) is 0 Å². The van der Waals surface area contributed by atoms with E-state index in [9.17, 15) is 12.8 Å². The lowest BCUT2D eigenvalue weighted by molar-refractivity contribution is 0.0395. The first-order valence-corrected chi connectivity index (χ1v) is 11.4. The summed E-state index contributed by atoms with van der Waals surface area (Å²) in [6.07, 6.45) is 1.17. The number of benzene rings is 2. The fourth-order valence-electron chi connectivity index (χ4n) is 3.10. The molecule has 0 aromatic heterocycles. The zero-order valence-corrected chi connectivity index (χ0v) is 17.7. The van der Waals surface area contributed by atoms with Crippen molar-refractivity contribution in [3.63, 3.8) is 0 Å². The van der Waals surface area contributed by atoms with E-state index in [1.54, 1.807) is 24.3 Å². The lowest BCUT2D eigenvalue weighted by Crippen LogP contribution is -2.43. The van der Waals surface area contributed by atoms with E-state index in [-0.39, 0.29) is 5.02 Å². The number of hydrogen-bond acceptors (Lipinski definition) is 4. The second kappa shape index (κ2) is 8.97. The molecule has 9 heteroatoms. The van der Waals surface area contributed by atoms with E-state index < -0.39 is 15.8 Å². The van der Waals surface area contributed by atoms with Gasteiger partial charge in [-0.05, 0) is 29.8 Å². The summed E-state index contributed by atoms with van der Waals surface area (Å²) < 4.78 is 45.1. The van der Waals surface area contributed by atoms with Crippen LogP contribution in [0.4, 0.5) is 10.1 Å². The third kappa shape index (κ3) is 5.15. The molecule has 2 aromatic carbocycles. The Kier molecular flexibility index (Phi) is 6.83. The van der Waals surface area contributed by atoms with E-state index in [2.05, 4.69) is 4.90 Å². The molecular formula is C19H21Cl2FN2O3S. The Balaban J connectivity index is 1.84. The monoisotopic (exact) mass is 446 g/mol. The van der Waals surface area contributed by atoms with Crippen molar-refractivity contribution in [2.75, 3.05) is 50.0 Å². The maximum absolute atomic E-state index is 13.8. The van der Waals surface area contributed by atoms with E-state index in [0.717, 1.165) is 13.1 Å². The highest BCUT2D eigenvalue weighted by Crippen LogP contribution is 2.33. The highest BCUT2D eigenvalue weighted by molar-refractivity contribution is 7.92. The summed E-state index contributed by atoms with van der Waals surface area (Å²) in [7, 11) is -3.49. The lowest BCUT2D eigenvalue weighted by Gasteiger charge is -2.30. The van der Waals surface area contributed by atoms with Gasteiger partial charge in [-0.25, -0.2) is 12.8 Å². The van der Waals surface area contributed by atoms with Crippen LogP contribution < -0.4 is 4.31 Å². The molecule has 3 rings (SSSR count). The van der Waals surface area contributed by atoms with Gasteiger partial charge in [0.05, 0.1) is 35.2 Å². The largest absolute Gasteiger partial charge is 0.379 e. The topological polar surface area (TPSA) is 49.9 Å². The summed E-state index contributed by atoms with van der Waals surface area (Å²) in [6, 6.07) is 9.38. The normalized spacial score (nSPS) is 15.6. The summed E-state index contributed by atoms with van der Waals surface area (Å²) in [5.74, 6) is -0.539. The molecular weight excluding hydrogens is 426 g/mol. The van der Waals surface area contributed by atoms with Crippen LogP contribution >= 0.6 is 23.2 Å². The molecule has 0 bridgehead atoms. The quantitative estimate of drug-likeness (QED) is 0.674. The molecule has 2 aromatic rings. The summed E-state index contributed by atoms with van der Waals surface area (Å²) in [5.41, 5.74) is 1.64. The van der Waals surface area contributed by atoms with Crippen LogP contribution in [0.5, 0.6) is 0 Å². The molecule has 0 spiro atoms. The molecule has 1 aliphatic heterocycles. The fraction of sp³-hybridized carbons (Fsp3) is 0.368. The van der Waals surface area contributed by atoms with Gasteiger partial charge in [-0.2, -0.15) is 0 Å². The minimum atomic E-state index is -3.49. The number of halogens is 3. The zero-order chi connectivity index (χ0) is 20.3. The molecule has 0 atom stereocenters. The Bertz CT molecular complexity index is 950. The first-order chi connectivity index (χ1) is 13.3. The number of ether oxygens (including phenoxy) is 1. The lowest BCUT2D eigenvalue weighted by atomic mass is 10.1. The second-order valence-electron chi connectivity index (χ2n) is 6.58. The SMILES string of the molecule is CS(=O)(=O)N(CCN1CCOCC1)c1ccc(-c2ccc(Cl)c(F)c2)c(Cl)c1. The smallest absolute Gasteiger partial charge is 0.232 e. The molecule has 0 unspecified atom stereocenters. The van der Waals surface area contributed by atoms with E-state index in [0.29, 0.717) is 48.1 Å². The molecule has 0 aliphatic carbocycles. The number of morpholine rings is 1. The molecule has 1 aliphatic rings. The highest BCUT2D eigenvalue weighted by atomic mass is 35.5. The van der Waals surface area contributed by atoms with Gasteiger partial charge in [0.15, 0.2) is 0 Å². The molecule has 5 nitrogen and oxygen atoms in total. The number of nitrogens with zero attached hydrogens (tertiary/aromatic N) is 2. The van der Waals surface area contributed by atoms with E-state index >= 15 is 0 Å². The van der Waals surface area contributed by atoms with Gasteiger partial charge in [-0.1, -0.05) is 35.3 Å². The van der Waals surface area contributed by atoms with Gasteiger partial charge in [0, 0.05) is 31.7 Å². The summed E-state index contributed by atoms with van der Waals surface area (Å²) in [4.78, 5) is 2.16. The van der Waals surface area contributed by atoms with Crippen molar-refractivity contribution in [2.24, 2.45) is 0 Å². The minimum Gasteiger partial charge on any atom is -0.379 e. The highest BCUT2D eigenvalue weighted by Gasteiger charge is 2.21. The van der Waals surface area contributed by atoms with Crippen LogP contribution in [0.3, 0.4) is 0 Å². The van der Waals surface area contributed by atoms with E-state index in [1.807, 2.05) is 0 Å². The summed E-state index contributed by atoms with van der Waals surface area (Å²) in [6.45, 7) is 3.76. The maximum atomic E-state index is 13.8. The van der Waals surface area contributed by atoms with Gasteiger partial charge in [0.1, 0.15) is 5.82 Å². The van der Waals surface area contributed by atoms with Gasteiger partial charge in [0.25, 0.3) is 0 Å². The van der Waals surface area contributed by atoms with Gasteiger partial charge in [0.2, 0.25) is 10.0 Å². The molecule has 1 heterocycles. The Morgan fingerprint density at radius 3 is 2.43 bits per heavy atom. The molecule has 28 heavy (non-hydrogen) atoms. The van der Waals surface area contributed by atoms with Crippen LogP contribution in [0.25, 0.3) is 11.1 Å². The predicted molar refractivity (Wildman–Crippen MR) is 111 cm³/mol. The average molecular weight is 447 g/mol. The molecule has 0 amide bonds.